The zero-order valence-corrected chi connectivity index (χ0v) is 12.9. The third-order valence-electron chi connectivity index (χ3n) is 4.44. The monoisotopic (exact) mass is 336 g/mol. The van der Waals surface area contributed by atoms with E-state index >= 15 is 0 Å². The van der Waals surface area contributed by atoms with Gasteiger partial charge in [0.15, 0.2) is 0 Å². The molecule has 1 aliphatic heterocycles. The standard InChI is InChI=1S/C15H17BrN2O2/c1-8-5-9-10(6-8)15(20)18(14(9)19)7-11-12(16)3-2-4-13(11)17/h2-4,8-10H,5-7,17H2,1H3. The molecule has 0 spiro atoms. The van der Waals surface area contributed by atoms with Crippen molar-refractivity contribution in [2.45, 2.75) is 26.3 Å². The molecule has 1 saturated carbocycles. The summed E-state index contributed by atoms with van der Waals surface area (Å²) >= 11 is 3.44. The summed E-state index contributed by atoms with van der Waals surface area (Å²) in [6, 6.07) is 5.50. The normalized spacial score (nSPS) is 29.1. The highest BCUT2D eigenvalue weighted by Crippen LogP contribution is 2.43. The number of nitrogens with two attached hydrogens (primary N) is 1. The predicted octanol–water partition coefficient (Wildman–Crippen LogP) is 2.56. The van der Waals surface area contributed by atoms with E-state index in [4.69, 9.17) is 5.73 Å². The lowest BCUT2D eigenvalue weighted by atomic mass is 10.00. The Bertz CT molecular complexity index is 543. The third-order valence-corrected chi connectivity index (χ3v) is 5.18. The minimum atomic E-state index is -0.110. The molecule has 2 amide bonds. The summed E-state index contributed by atoms with van der Waals surface area (Å²) in [5, 5.41) is 0. The first kappa shape index (κ1) is 13.6. The number of hydrogen-bond acceptors (Lipinski definition) is 3. The van der Waals surface area contributed by atoms with Crippen molar-refractivity contribution in [1.82, 2.24) is 4.90 Å². The van der Waals surface area contributed by atoms with Gasteiger partial charge in [-0.1, -0.05) is 28.9 Å². The number of fused-ring (bicyclic) bond motifs is 1. The molecule has 2 fully saturated rings. The Hall–Kier alpha value is -1.36. The average molecular weight is 337 g/mol. The van der Waals surface area contributed by atoms with E-state index in [2.05, 4.69) is 22.9 Å². The molecule has 0 radical (unpaired) electrons. The number of carbonyl (C=O) groups is 2. The fraction of sp³-hybridized carbons (Fsp3) is 0.467. The van der Waals surface area contributed by atoms with E-state index in [1.165, 1.54) is 4.90 Å². The van der Waals surface area contributed by atoms with Crippen molar-refractivity contribution in [3.05, 3.63) is 28.2 Å². The number of imide groups is 1. The molecule has 3 rings (SSSR count). The molecule has 2 aliphatic rings. The molecule has 1 aromatic rings. The summed E-state index contributed by atoms with van der Waals surface area (Å²) < 4.78 is 0.837. The number of anilines is 1. The average Bonchev–Trinajstić information content (AvgIpc) is 2.87. The summed E-state index contributed by atoms with van der Waals surface area (Å²) in [5.41, 5.74) is 7.36. The Balaban J connectivity index is 1.86. The maximum Gasteiger partial charge on any atom is 0.233 e. The second kappa shape index (κ2) is 4.88. The zero-order chi connectivity index (χ0) is 14.4. The third kappa shape index (κ3) is 2.04. The molecule has 2 unspecified atom stereocenters. The molecule has 0 aromatic heterocycles. The smallest absolute Gasteiger partial charge is 0.233 e. The van der Waals surface area contributed by atoms with Crippen LogP contribution < -0.4 is 5.73 Å². The molecule has 0 bridgehead atoms. The largest absolute Gasteiger partial charge is 0.398 e. The lowest BCUT2D eigenvalue weighted by molar-refractivity contribution is -0.141. The first-order valence-corrected chi connectivity index (χ1v) is 7.66. The van der Waals surface area contributed by atoms with Gasteiger partial charge in [0.05, 0.1) is 18.4 Å². The molecule has 1 aromatic carbocycles. The second-order valence-corrected chi connectivity index (χ2v) is 6.71. The van der Waals surface area contributed by atoms with Crippen molar-refractivity contribution in [2.75, 3.05) is 5.73 Å². The minimum Gasteiger partial charge on any atom is -0.398 e. The highest BCUT2D eigenvalue weighted by atomic mass is 79.9. The van der Waals surface area contributed by atoms with Crippen LogP contribution in [0.3, 0.4) is 0 Å². The van der Waals surface area contributed by atoms with Gasteiger partial charge in [0.25, 0.3) is 0 Å². The molecule has 2 N–H and O–H groups in total. The van der Waals surface area contributed by atoms with Gasteiger partial charge in [0.1, 0.15) is 0 Å². The van der Waals surface area contributed by atoms with Crippen LogP contribution in [0.25, 0.3) is 0 Å². The molecular weight excluding hydrogens is 320 g/mol. The van der Waals surface area contributed by atoms with Crippen molar-refractivity contribution in [3.63, 3.8) is 0 Å². The van der Waals surface area contributed by atoms with Crippen molar-refractivity contribution >= 4 is 33.4 Å². The number of rotatable bonds is 2. The van der Waals surface area contributed by atoms with Gasteiger partial charge in [-0.15, -0.1) is 0 Å². The van der Waals surface area contributed by atoms with Gasteiger partial charge < -0.3 is 5.73 Å². The lowest BCUT2D eigenvalue weighted by Crippen LogP contribution is -2.32. The number of likely N-dealkylation sites (tertiary alicyclic amines) is 1. The van der Waals surface area contributed by atoms with E-state index < -0.39 is 0 Å². The molecule has 5 heteroatoms. The fourth-order valence-corrected chi connectivity index (χ4v) is 3.91. The van der Waals surface area contributed by atoms with Crippen molar-refractivity contribution < 1.29 is 9.59 Å². The van der Waals surface area contributed by atoms with E-state index in [0.717, 1.165) is 22.9 Å². The Morgan fingerprint density at radius 2 is 1.85 bits per heavy atom. The SMILES string of the molecule is CC1CC2C(=O)N(Cc3c(N)cccc3Br)C(=O)C2C1. The van der Waals surface area contributed by atoms with Gasteiger partial charge in [-0.3, -0.25) is 14.5 Å². The number of carbonyl (C=O) groups excluding carboxylic acids is 2. The van der Waals surface area contributed by atoms with Gasteiger partial charge in [-0.2, -0.15) is 0 Å². The van der Waals surface area contributed by atoms with Crippen LogP contribution in [0.5, 0.6) is 0 Å². The van der Waals surface area contributed by atoms with Gasteiger partial charge in [-0.25, -0.2) is 0 Å². The summed E-state index contributed by atoms with van der Waals surface area (Å²) in [4.78, 5) is 26.2. The highest BCUT2D eigenvalue weighted by Gasteiger charge is 2.51. The van der Waals surface area contributed by atoms with Crippen LogP contribution >= 0.6 is 15.9 Å². The highest BCUT2D eigenvalue weighted by molar-refractivity contribution is 9.10. The molecule has 106 valence electrons. The summed E-state index contributed by atoms with van der Waals surface area (Å²) in [5.74, 6) is 0.190. The maximum absolute atomic E-state index is 12.4. The number of benzene rings is 1. The maximum atomic E-state index is 12.4. The Morgan fingerprint density at radius 3 is 2.40 bits per heavy atom. The van der Waals surface area contributed by atoms with E-state index in [1.54, 1.807) is 6.07 Å². The quantitative estimate of drug-likeness (QED) is 0.666. The molecular formula is C15H17BrN2O2. The Morgan fingerprint density at radius 1 is 1.25 bits per heavy atom. The molecule has 1 saturated heterocycles. The zero-order valence-electron chi connectivity index (χ0n) is 11.3. The van der Waals surface area contributed by atoms with Gasteiger partial charge in [0.2, 0.25) is 11.8 Å². The van der Waals surface area contributed by atoms with Crippen LogP contribution in [0.1, 0.15) is 25.3 Å². The van der Waals surface area contributed by atoms with E-state index in [-0.39, 0.29) is 30.2 Å². The number of nitrogens with zero attached hydrogens (tertiary/aromatic N) is 1. The number of hydrogen-bond donors (Lipinski definition) is 1. The Kier molecular flexibility index (Phi) is 3.32. The first-order valence-electron chi connectivity index (χ1n) is 6.87. The predicted molar refractivity (Wildman–Crippen MR) is 79.5 cm³/mol. The first-order chi connectivity index (χ1) is 9.49. The molecule has 4 nitrogen and oxygen atoms in total. The molecule has 20 heavy (non-hydrogen) atoms. The summed E-state index contributed by atoms with van der Waals surface area (Å²) in [7, 11) is 0. The van der Waals surface area contributed by atoms with Crippen LogP contribution in [-0.2, 0) is 16.1 Å². The van der Waals surface area contributed by atoms with Crippen LogP contribution in [0.4, 0.5) is 5.69 Å². The van der Waals surface area contributed by atoms with Crippen molar-refractivity contribution in [1.29, 1.82) is 0 Å². The van der Waals surface area contributed by atoms with Crippen LogP contribution in [0.15, 0.2) is 22.7 Å². The van der Waals surface area contributed by atoms with Crippen molar-refractivity contribution in [2.24, 2.45) is 17.8 Å². The van der Waals surface area contributed by atoms with Crippen LogP contribution in [-0.4, -0.2) is 16.7 Å². The van der Waals surface area contributed by atoms with E-state index in [9.17, 15) is 9.59 Å². The number of amides is 2. The van der Waals surface area contributed by atoms with Crippen molar-refractivity contribution in [3.8, 4) is 0 Å². The fourth-order valence-electron chi connectivity index (χ4n) is 3.40. The summed E-state index contributed by atoms with van der Waals surface area (Å²) in [6.07, 6.45) is 1.66. The van der Waals surface area contributed by atoms with Gasteiger partial charge >= 0.3 is 0 Å². The topological polar surface area (TPSA) is 63.4 Å². The minimum absolute atomic E-state index is 0.0282. The lowest BCUT2D eigenvalue weighted by Gasteiger charge is -2.18. The number of nitrogen functional groups attached to an aromatic ring is 1. The second-order valence-electron chi connectivity index (χ2n) is 5.86. The van der Waals surface area contributed by atoms with E-state index in [1.807, 2.05) is 12.1 Å². The molecule has 1 heterocycles. The van der Waals surface area contributed by atoms with Gasteiger partial charge in [0, 0.05) is 15.7 Å². The Labute approximate surface area is 126 Å². The van der Waals surface area contributed by atoms with Gasteiger partial charge in [-0.05, 0) is 30.9 Å². The molecule has 1 aliphatic carbocycles. The molecule has 2 atom stereocenters. The summed E-state index contributed by atoms with van der Waals surface area (Å²) in [6.45, 7) is 2.38. The van der Waals surface area contributed by atoms with Crippen LogP contribution in [0, 0.1) is 17.8 Å². The van der Waals surface area contributed by atoms with E-state index in [0.29, 0.717) is 11.6 Å². The van der Waals surface area contributed by atoms with Crippen LogP contribution in [0.2, 0.25) is 0 Å². The number of halogens is 1.